The Bertz CT molecular complexity index is 395. The number of carbonyl (C=O) groups is 1. The molecule has 1 aromatic heterocycles. The summed E-state index contributed by atoms with van der Waals surface area (Å²) in [7, 11) is 0. The molecule has 1 aliphatic rings. The highest BCUT2D eigenvalue weighted by Gasteiger charge is 2.28. The fourth-order valence-corrected chi connectivity index (χ4v) is 1.83. The summed E-state index contributed by atoms with van der Waals surface area (Å²) in [5, 5.41) is 0.0921. The predicted molar refractivity (Wildman–Crippen MR) is 56.8 cm³/mol. The Hall–Kier alpha value is -1.23. The monoisotopic (exact) mass is 210 g/mol. The molecule has 0 bridgehead atoms. The third-order valence-electron chi connectivity index (χ3n) is 2.18. The summed E-state index contributed by atoms with van der Waals surface area (Å²) in [5.74, 6) is 0.0528. The standard InChI is InChI=1S/C9H10N2O2S/c12-8-2-1-6(4-10-8)11-5-7(14)3-9(11)13/h1-2,4,7,14H,3,5H2,(H,10,12). The number of aromatic amines is 1. The smallest absolute Gasteiger partial charge is 0.248 e. The quantitative estimate of drug-likeness (QED) is 0.660. The van der Waals surface area contributed by atoms with E-state index in [-0.39, 0.29) is 16.7 Å². The van der Waals surface area contributed by atoms with Gasteiger partial charge in [0.1, 0.15) is 0 Å². The van der Waals surface area contributed by atoms with Gasteiger partial charge in [-0.25, -0.2) is 0 Å². The number of H-pyrrole nitrogens is 1. The first kappa shape index (κ1) is 9.33. The molecule has 0 spiro atoms. The van der Waals surface area contributed by atoms with Crippen LogP contribution in [0.5, 0.6) is 0 Å². The van der Waals surface area contributed by atoms with E-state index < -0.39 is 0 Å². The molecule has 5 heteroatoms. The van der Waals surface area contributed by atoms with E-state index in [1.165, 1.54) is 6.07 Å². The minimum absolute atomic E-state index is 0.0528. The van der Waals surface area contributed by atoms with Crippen LogP contribution in [-0.4, -0.2) is 22.7 Å². The van der Waals surface area contributed by atoms with Crippen molar-refractivity contribution in [2.75, 3.05) is 11.4 Å². The SMILES string of the molecule is O=C1CC(S)CN1c1ccc(=O)[nH]c1. The minimum Gasteiger partial charge on any atom is -0.327 e. The maximum Gasteiger partial charge on any atom is 0.248 e. The van der Waals surface area contributed by atoms with E-state index in [0.717, 1.165) is 5.69 Å². The number of rotatable bonds is 1. The second-order valence-electron chi connectivity index (χ2n) is 3.27. The average molecular weight is 210 g/mol. The molecule has 1 atom stereocenters. The normalized spacial score (nSPS) is 21.6. The van der Waals surface area contributed by atoms with Crippen LogP contribution in [0.25, 0.3) is 0 Å². The lowest BCUT2D eigenvalue weighted by atomic mass is 10.4. The fraction of sp³-hybridized carbons (Fsp3) is 0.333. The van der Waals surface area contributed by atoms with Crippen molar-refractivity contribution in [3.8, 4) is 0 Å². The zero-order chi connectivity index (χ0) is 10.1. The van der Waals surface area contributed by atoms with E-state index in [1.807, 2.05) is 0 Å². The van der Waals surface area contributed by atoms with E-state index in [0.29, 0.717) is 13.0 Å². The van der Waals surface area contributed by atoms with Gasteiger partial charge in [-0.3, -0.25) is 9.59 Å². The van der Waals surface area contributed by atoms with Gasteiger partial charge in [0.2, 0.25) is 11.5 Å². The predicted octanol–water partition coefficient (Wildman–Crippen LogP) is 0.410. The van der Waals surface area contributed by atoms with Crippen LogP contribution in [-0.2, 0) is 4.79 Å². The summed E-state index contributed by atoms with van der Waals surface area (Å²) < 4.78 is 0. The molecule has 2 rings (SSSR count). The molecule has 14 heavy (non-hydrogen) atoms. The van der Waals surface area contributed by atoms with Crippen LogP contribution in [0.15, 0.2) is 23.1 Å². The topological polar surface area (TPSA) is 53.2 Å². The van der Waals surface area contributed by atoms with Gasteiger partial charge in [0.05, 0.1) is 5.69 Å². The molecule has 0 saturated carbocycles. The molecule has 1 unspecified atom stereocenters. The van der Waals surface area contributed by atoms with Gasteiger partial charge in [0, 0.05) is 30.5 Å². The lowest BCUT2D eigenvalue weighted by molar-refractivity contribution is -0.117. The van der Waals surface area contributed by atoms with Crippen LogP contribution in [0.4, 0.5) is 5.69 Å². The van der Waals surface area contributed by atoms with Crippen LogP contribution < -0.4 is 10.5 Å². The van der Waals surface area contributed by atoms with Gasteiger partial charge < -0.3 is 9.88 Å². The van der Waals surface area contributed by atoms with Crippen molar-refractivity contribution < 1.29 is 4.79 Å². The van der Waals surface area contributed by atoms with Crippen molar-refractivity contribution in [3.63, 3.8) is 0 Å². The zero-order valence-electron chi connectivity index (χ0n) is 7.43. The maximum atomic E-state index is 11.5. The van der Waals surface area contributed by atoms with Crippen LogP contribution >= 0.6 is 12.6 Å². The summed E-state index contributed by atoms with van der Waals surface area (Å²) in [6.45, 7) is 0.605. The number of nitrogens with zero attached hydrogens (tertiary/aromatic N) is 1. The first-order valence-electron chi connectivity index (χ1n) is 4.34. The maximum absolute atomic E-state index is 11.5. The molecule has 1 aliphatic heterocycles. The number of amides is 1. The lowest BCUT2D eigenvalue weighted by Gasteiger charge is -2.14. The Kier molecular flexibility index (Phi) is 2.33. The van der Waals surface area contributed by atoms with Crippen LogP contribution in [0.3, 0.4) is 0 Å². The van der Waals surface area contributed by atoms with E-state index in [4.69, 9.17) is 0 Å². The Labute approximate surface area is 86.3 Å². The number of thiol groups is 1. The molecule has 0 aromatic carbocycles. The summed E-state index contributed by atoms with van der Waals surface area (Å²) in [4.78, 5) is 26.4. The Morgan fingerprint density at radius 1 is 1.43 bits per heavy atom. The summed E-state index contributed by atoms with van der Waals surface area (Å²) in [6, 6.07) is 3.05. The molecule has 1 amide bonds. The molecule has 0 radical (unpaired) electrons. The van der Waals surface area contributed by atoms with Crippen LogP contribution in [0.2, 0.25) is 0 Å². The third-order valence-corrected chi connectivity index (χ3v) is 2.53. The van der Waals surface area contributed by atoms with Gasteiger partial charge in [-0.2, -0.15) is 12.6 Å². The average Bonchev–Trinajstić information content (AvgIpc) is 2.47. The fourth-order valence-electron chi connectivity index (χ4n) is 1.51. The molecular weight excluding hydrogens is 200 g/mol. The van der Waals surface area contributed by atoms with E-state index in [1.54, 1.807) is 17.2 Å². The van der Waals surface area contributed by atoms with E-state index in [2.05, 4.69) is 17.6 Å². The molecule has 2 heterocycles. The van der Waals surface area contributed by atoms with Gasteiger partial charge in [0.15, 0.2) is 0 Å². The number of carbonyl (C=O) groups excluding carboxylic acids is 1. The Balaban J connectivity index is 2.27. The molecule has 1 aromatic rings. The first-order chi connectivity index (χ1) is 6.66. The van der Waals surface area contributed by atoms with Gasteiger partial charge in [-0.05, 0) is 6.07 Å². The van der Waals surface area contributed by atoms with Crippen molar-refractivity contribution in [2.24, 2.45) is 0 Å². The first-order valence-corrected chi connectivity index (χ1v) is 4.85. The highest BCUT2D eigenvalue weighted by molar-refractivity contribution is 7.81. The Morgan fingerprint density at radius 3 is 2.71 bits per heavy atom. The van der Waals surface area contributed by atoms with Crippen molar-refractivity contribution in [1.29, 1.82) is 0 Å². The van der Waals surface area contributed by atoms with Gasteiger partial charge in [-0.15, -0.1) is 0 Å². The zero-order valence-corrected chi connectivity index (χ0v) is 8.33. The number of pyridine rings is 1. The highest BCUT2D eigenvalue weighted by Crippen LogP contribution is 2.22. The van der Waals surface area contributed by atoms with Crippen molar-refractivity contribution in [3.05, 3.63) is 28.7 Å². The number of aromatic nitrogens is 1. The van der Waals surface area contributed by atoms with Crippen LogP contribution in [0.1, 0.15) is 6.42 Å². The number of hydrogen-bond acceptors (Lipinski definition) is 3. The largest absolute Gasteiger partial charge is 0.327 e. The Morgan fingerprint density at radius 2 is 2.21 bits per heavy atom. The molecule has 1 N–H and O–H groups in total. The van der Waals surface area contributed by atoms with Gasteiger partial charge in [-0.1, -0.05) is 0 Å². The molecule has 1 saturated heterocycles. The molecule has 1 fully saturated rings. The number of nitrogens with one attached hydrogen (secondary N) is 1. The van der Waals surface area contributed by atoms with Crippen LogP contribution in [0, 0.1) is 0 Å². The van der Waals surface area contributed by atoms with Crippen molar-refractivity contribution in [2.45, 2.75) is 11.7 Å². The van der Waals surface area contributed by atoms with Gasteiger partial charge >= 0.3 is 0 Å². The number of hydrogen-bond donors (Lipinski definition) is 2. The number of anilines is 1. The molecule has 74 valence electrons. The highest BCUT2D eigenvalue weighted by atomic mass is 32.1. The molecule has 4 nitrogen and oxygen atoms in total. The van der Waals surface area contributed by atoms with E-state index in [9.17, 15) is 9.59 Å². The van der Waals surface area contributed by atoms with Crippen molar-refractivity contribution in [1.82, 2.24) is 4.98 Å². The third kappa shape index (κ3) is 1.68. The van der Waals surface area contributed by atoms with Gasteiger partial charge in [0.25, 0.3) is 0 Å². The minimum atomic E-state index is -0.164. The molecule has 0 aliphatic carbocycles. The summed E-state index contributed by atoms with van der Waals surface area (Å²) in [6.07, 6.45) is 2.01. The summed E-state index contributed by atoms with van der Waals surface area (Å²) >= 11 is 4.25. The van der Waals surface area contributed by atoms with E-state index >= 15 is 0 Å². The molecular formula is C9H10N2O2S. The van der Waals surface area contributed by atoms with Crippen molar-refractivity contribution >= 4 is 24.2 Å². The second-order valence-corrected chi connectivity index (χ2v) is 4.00. The summed E-state index contributed by atoms with van der Waals surface area (Å²) in [5.41, 5.74) is 0.564. The lowest BCUT2D eigenvalue weighted by Crippen LogP contribution is -2.25. The second kappa shape index (κ2) is 3.49.